The molecule has 0 unspecified atom stereocenters. The second kappa shape index (κ2) is 14.0. The Hall–Kier alpha value is -4.65. The van der Waals surface area contributed by atoms with Crippen LogP contribution < -0.4 is 35.5 Å². The van der Waals surface area contributed by atoms with Gasteiger partial charge >= 0.3 is 12.7 Å². The van der Waals surface area contributed by atoms with E-state index < -0.39 is 48.6 Å². The molecule has 4 rings (SSSR count). The zero-order valence-corrected chi connectivity index (χ0v) is 24.2. The van der Waals surface area contributed by atoms with Gasteiger partial charge in [-0.3, -0.25) is 14.4 Å². The van der Waals surface area contributed by atoms with Crippen molar-refractivity contribution < 1.29 is 54.9 Å². The van der Waals surface area contributed by atoms with E-state index in [0.717, 1.165) is 29.5 Å². The van der Waals surface area contributed by atoms with E-state index in [4.69, 9.17) is 10.5 Å². The number of para-hydroxylation sites is 1. The summed E-state index contributed by atoms with van der Waals surface area (Å²) in [6.07, 6.45) is -9.81. The van der Waals surface area contributed by atoms with Crippen LogP contribution in [0.15, 0.2) is 59.6 Å². The number of hydrogen-bond acceptors (Lipinski definition) is 10. The highest BCUT2D eigenvalue weighted by atomic mass is 32.2. The summed E-state index contributed by atoms with van der Waals surface area (Å²) >= 11 is 2.18. The molecule has 11 nitrogen and oxygen atoms in total. The third-order valence-electron chi connectivity index (χ3n) is 5.56. The lowest BCUT2D eigenvalue weighted by atomic mass is 10.2. The molecule has 4 N–H and O–H groups in total. The summed E-state index contributed by atoms with van der Waals surface area (Å²) in [5, 5.41) is 6.94. The van der Waals surface area contributed by atoms with Gasteiger partial charge in [0.15, 0.2) is 12.3 Å². The lowest BCUT2D eigenvalue weighted by Gasteiger charge is -2.18. The van der Waals surface area contributed by atoms with E-state index in [1.54, 1.807) is 0 Å². The minimum absolute atomic E-state index is 0.0319. The summed E-state index contributed by atoms with van der Waals surface area (Å²) < 4.78 is 88.4. The predicted octanol–water partition coefficient (Wildman–Crippen LogP) is 4.40. The summed E-state index contributed by atoms with van der Waals surface area (Å²) in [7, 11) is 0. The number of halogens is 6. The molecule has 3 aromatic rings. The third-order valence-corrected chi connectivity index (χ3v) is 7.43. The molecule has 0 saturated carbocycles. The van der Waals surface area contributed by atoms with Gasteiger partial charge in [0.1, 0.15) is 33.0 Å². The smallest absolute Gasteiger partial charge is 0.484 e. The number of hydrogen-bond donors (Lipinski definition) is 3. The number of rotatable bonds is 12. The first-order chi connectivity index (χ1) is 21.2. The number of thioether (sulfide) groups is 1. The van der Waals surface area contributed by atoms with Crippen LogP contribution in [-0.4, -0.2) is 47.9 Å². The summed E-state index contributed by atoms with van der Waals surface area (Å²) in [4.78, 5) is 43.3. The molecule has 0 atom stereocenters. The van der Waals surface area contributed by atoms with Crippen molar-refractivity contribution in [3.8, 4) is 17.2 Å². The van der Waals surface area contributed by atoms with Crippen LogP contribution in [0.2, 0.25) is 0 Å². The predicted molar refractivity (Wildman–Crippen MR) is 149 cm³/mol. The number of carbonyl (C=O) groups excluding carboxylic acids is 3. The number of primary amides is 1. The van der Waals surface area contributed by atoms with Crippen LogP contribution >= 0.6 is 23.1 Å². The highest BCUT2D eigenvalue weighted by molar-refractivity contribution is 8.02. The number of benzene rings is 2. The number of amides is 3. The molecule has 1 aliphatic heterocycles. The van der Waals surface area contributed by atoms with Crippen molar-refractivity contribution in [2.24, 2.45) is 5.73 Å². The zero-order chi connectivity index (χ0) is 32.8. The van der Waals surface area contributed by atoms with Gasteiger partial charge in [-0.2, -0.15) is 0 Å². The zero-order valence-electron chi connectivity index (χ0n) is 22.5. The van der Waals surface area contributed by atoms with E-state index in [0.29, 0.717) is 0 Å². The Kier molecular flexibility index (Phi) is 10.3. The van der Waals surface area contributed by atoms with Crippen molar-refractivity contribution in [3.63, 3.8) is 0 Å². The molecule has 0 bridgehead atoms. The first-order valence-corrected chi connectivity index (χ1v) is 14.3. The molecule has 0 radical (unpaired) electrons. The fourth-order valence-electron chi connectivity index (χ4n) is 3.69. The maximum atomic E-state index is 13.2. The summed E-state index contributed by atoms with van der Waals surface area (Å²) in [6, 6.07) is 9.61. The molecular formula is C26H21F6N5O6S2. The number of nitrogens with two attached hydrogens (primary N) is 1. The van der Waals surface area contributed by atoms with Gasteiger partial charge in [0.25, 0.3) is 17.7 Å². The van der Waals surface area contributed by atoms with Gasteiger partial charge in [0, 0.05) is 17.5 Å². The van der Waals surface area contributed by atoms with Crippen LogP contribution in [0, 0.1) is 0 Å². The van der Waals surface area contributed by atoms with Crippen molar-refractivity contribution in [1.29, 1.82) is 0 Å². The van der Waals surface area contributed by atoms with Crippen molar-refractivity contribution in [3.05, 3.63) is 75.9 Å². The van der Waals surface area contributed by atoms with Crippen LogP contribution in [0.4, 0.5) is 31.3 Å². The SMILES string of the molecule is NC(=O)C1=CSCN1c1sc(CNC(=O)COc2ccc(OC(F)(F)F)cc2)nc1C(=O)NCc1ccccc1OC(F)(F)F. The van der Waals surface area contributed by atoms with Crippen molar-refractivity contribution in [2.45, 2.75) is 25.8 Å². The Bertz CT molecular complexity index is 1580. The number of aromatic nitrogens is 1. The topological polar surface area (TPSA) is 145 Å². The van der Waals surface area contributed by atoms with Gasteiger partial charge in [-0.1, -0.05) is 29.5 Å². The molecule has 0 fully saturated rings. The van der Waals surface area contributed by atoms with Crippen LogP contribution in [-0.2, 0) is 22.7 Å². The molecule has 1 aromatic heterocycles. The maximum Gasteiger partial charge on any atom is 0.573 e. The average molecular weight is 678 g/mol. The van der Waals surface area contributed by atoms with Gasteiger partial charge in [-0.25, -0.2) is 4.98 Å². The maximum absolute atomic E-state index is 13.2. The number of nitrogens with one attached hydrogen (secondary N) is 2. The second-order valence-electron chi connectivity index (χ2n) is 8.78. The molecule has 2 heterocycles. The first kappa shape index (κ1) is 33.2. The lowest BCUT2D eigenvalue weighted by Crippen LogP contribution is -2.30. The standard InChI is InChI=1S/C26H21F6N5O6S2/c27-25(28,29)42-16-7-5-15(6-8-16)41-11-19(38)34-10-20-36-21(24(45-20)37-13-44-12-17(37)22(33)39)23(40)35-9-14-3-1-2-4-18(14)43-26(30,31)32/h1-8,12H,9-11,13H2,(H2,33,39)(H,34,38)(H,35,40). The quantitative estimate of drug-likeness (QED) is 0.238. The monoisotopic (exact) mass is 677 g/mol. The number of ether oxygens (including phenoxy) is 3. The largest absolute Gasteiger partial charge is 0.573 e. The fraction of sp³-hybridized carbons (Fsp3) is 0.231. The molecule has 3 amide bonds. The number of anilines is 1. The Balaban J connectivity index is 1.43. The van der Waals surface area contributed by atoms with Crippen molar-refractivity contribution in [1.82, 2.24) is 15.6 Å². The molecule has 0 saturated heterocycles. The highest BCUT2D eigenvalue weighted by Gasteiger charge is 2.33. The molecular weight excluding hydrogens is 656 g/mol. The average Bonchev–Trinajstić information content (AvgIpc) is 3.61. The Morgan fingerprint density at radius 1 is 0.911 bits per heavy atom. The number of carbonyl (C=O) groups is 3. The van der Waals surface area contributed by atoms with Crippen LogP contribution in [0.1, 0.15) is 21.1 Å². The Morgan fingerprint density at radius 2 is 1.58 bits per heavy atom. The molecule has 240 valence electrons. The van der Waals surface area contributed by atoms with Crippen molar-refractivity contribution >= 4 is 45.8 Å². The molecule has 0 aliphatic carbocycles. The summed E-state index contributed by atoms with van der Waals surface area (Å²) in [6.45, 7) is -1.06. The number of thiazole rings is 1. The van der Waals surface area contributed by atoms with Crippen LogP contribution in [0.3, 0.4) is 0 Å². The van der Waals surface area contributed by atoms with Gasteiger partial charge in [0.2, 0.25) is 0 Å². The second-order valence-corrected chi connectivity index (χ2v) is 10.7. The minimum atomic E-state index is -4.95. The van der Waals surface area contributed by atoms with E-state index in [2.05, 4.69) is 25.1 Å². The lowest BCUT2D eigenvalue weighted by molar-refractivity contribution is -0.275. The number of alkyl halides is 6. The Morgan fingerprint density at radius 3 is 2.24 bits per heavy atom. The van der Waals surface area contributed by atoms with E-state index in [1.165, 1.54) is 52.4 Å². The van der Waals surface area contributed by atoms with Gasteiger partial charge < -0.3 is 35.5 Å². The normalized spacial score (nSPS) is 13.2. The van der Waals surface area contributed by atoms with Crippen LogP contribution in [0.5, 0.6) is 17.2 Å². The summed E-state index contributed by atoms with van der Waals surface area (Å²) in [5.41, 5.74) is 5.40. The Labute approximate surface area is 258 Å². The fourth-order valence-corrected chi connectivity index (χ4v) is 5.68. The first-order valence-electron chi connectivity index (χ1n) is 12.4. The van der Waals surface area contributed by atoms with E-state index >= 15 is 0 Å². The molecule has 45 heavy (non-hydrogen) atoms. The van der Waals surface area contributed by atoms with Crippen molar-refractivity contribution in [2.75, 3.05) is 17.4 Å². The molecule has 0 spiro atoms. The molecule has 2 aromatic carbocycles. The van der Waals surface area contributed by atoms with Gasteiger partial charge in [-0.05, 0) is 30.3 Å². The van der Waals surface area contributed by atoms with Crippen LogP contribution in [0.25, 0.3) is 0 Å². The third kappa shape index (κ3) is 9.67. The molecule has 1 aliphatic rings. The summed E-state index contributed by atoms with van der Waals surface area (Å²) in [5.74, 6) is -2.88. The number of nitrogens with zero attached hydrogens (tertiary/aromatic N) is 2. The van der Waals surface area contributed by atoms with E-state index in [-0.39, 0.29) is 51.7 Å². The minimum Gasteiger partial charge on any atom is -0.484 e. The highest BCUT2D eigenvalue weighted by Crippen LogP contribution is 2.37. The van der Waals surface area contributed by atoms with Gasteiger partial charge in [-0.15, -0.1) is 38.1 Å². The van der Waals surface area contributed by atoms with E-state index in [9.17, 15) is 40.7 Å². The molecule has 19 heteroatoms. The van der Waals surface area contributed by atoms with Gasteiger partial charge in [0.05, 0.1) is 12.4 Å². The van der Waals surface area contributed by atoms with E-state index in [1.807, 2.05) is 0 Å².